The summed E-state index contributed by atoms with van der Waals surface area (Å²) in [6.07, 6.45) is 3.36. The zero-order valence-corrected chi connectivity index (χ0v) is 14.5. The highest BCUT2D eigenvalue weighted by Crippen LogP contribution is 2.21. The molecule has 0 radical (unpaired) electrons. The van der Waals surface area contributed by atoms with Crippen molar-refractivity contribution in [2.45, 2.75) is 51.5 Å². The minimum absolute atomic E-state index is 0.0251. The van der Waals surface area contributed by atoms with Crippen molar-refractivity contribution in [3.05, 3.63) is 23.4 Å². The molecule has 2 aromatic heterocycles. The van der Waals surface area contributed by atoms with Gasteiger partial charge >= 0.3 is 0 Å². The summed E-state index contributed by atoms with van der Waals surface area (Å²) in [6, 6.07) is 3.90. The number of nitrogens with two attached hydrogens (primary N) is 1. The molecular formula is C16H24N4O2S. The molecule has 0 aromatic carbocycles. The number of carbonyl (C=O) groups is 1. The predicted molar refractivity (Wildman–Crippen MR) is 91.1 cm³/mol. The zero-order chi connectivity index (χ0) is 16.7. The fourth-order valence-electron chi connectivity index (χ4n) is 2.39. The molecule has 2 rings (SSSR count). The lowest BCUT2D eigenvalue weighted by Crippen LogP contribution is -2.52. The van der Waals surface area contributed by atoms with Crippen LogP contribution >= 0.6 is 11.3 Å². The third kappa shape index (κ3) is 4.62. The molecule has 6 nitrogen and oxygen atoms in total. The second-order valence-electron chi connectivity index (χ2n) is 5.58. The Kier molecular flexibility index (Phi) is 6.29. The number of amides is 1. The summed E-state index contributed by atoms with van der Waals surface area (Å²) >= 11 is 1.57. The van der Waals surface area contributed by atoms with E-state index in [9.17, 15) is 4.79 Å². The lowest BCUT2D eigenvalue weighted by Gasteiger charge is -2.31. The van der Waals surface area contributed by atoms with Crippen LogP contribution in [0.1, 0.15) is 45.4 Å². The minimum Gasteiger partial charge on any atom is -0.349 e. The molecule has 0 bridgehead atoms. The maximum Gasteiger partial charge on any atom is 0.226 e. The summed E-state index contributed by atoms with van der Waals surface area (Å²) in [5.74, 6) is 1.20. The summed E-state index contributed by atoms with van der Waals surface area (Å²) in [4.78, 5) is 17.4. The van der Waals surface area contributed by atoms with Crippen molar-refractivity contribution >= 4 is 17.2 Å². The fraction of sp³-hybridized carbons (Fsp3) is 0.562. The minimum atomic E-state index is -0.284. The van der Waals surface area contributed by atoms with Crippen LogP contribution in [0.25, 0.3) is 10.7 Å². The molecule has 0 unspecified atom stereocenters. The normalized spacial score (nSPS) is 11.6. The molecule has 7 heteroatoms. The van der Waals surface area contributed by atoms with E-state index in [2.05, 4.69) is 15.5 Å². The van der Waals surface area contributed by atoms with E-state index in [0.29, 0.717) is 37.5 Å². The Morgan fingerprint density at radius 1 is 1.43 bits per heavy atom. The Hall–Kier alpha value is -1.73. The van der Waals surface area contributed by atoms with Crippen LogP contribution in [0, 0.1) is 0 Å². The van der Waals surface area contributed by atoms with Gasteiger partial charge in [0.2, 0.25) is 17.6 Å². The summed E-state index contributed by atoms with van der Waals surface area (Å²) in [6.45, 7) is 4.54. The Bertz CT molecular complexity index is 597. The third-order valence-corrected chi connectivity index (χ3v) is 5.02. The van der Waals surface area contributed by atoms with Gasteiger partial charge in [-0.1, -0.05) is 25.1 Å². The second-order valence-corrected chi connectivity index (χ2v) is 6.53. The molecule has 0 aliphatic heterocycles. The third-order valence-electron chi connectivity index (χ3n) is 4.15. The molecule has 0 saturated carbocycles. The standard InChI is InChI=1S/C16H24N4O2S/c1-3-16(4-2,11-17)19-13(21)8-5-9-14-18-15(20-22-14)12-7-6-10-23-12/h6-7,10H,3-5,8-9,11,17H2,1-2H3,(H,19,21). The van der Waals surface area contributed by atoms with Crippen molar-refractivity contribution < 1.29 is 9.32 Å². The number of hydrogen-bond acceptors (Lipinski definition) is 6. The number of aryl methyl sites for hydroxylation is 1. The molecule has 0 fully saturated rings. The van der Waals surface area contributed by atoms with E-state index in [1.54, 1.807) is 11.3 Å². The highest BCUT2D eigenvalue weighted by atomic mass is 32.1. The number of nitrogens with one attached hydrogen (secondary N) is 1. The van der Waals surface area contributed by atoms with Gasteiger partial charge in [0, 0.05) is 19.4 Å². The van der Waals surface area contributed by atoms with Crippen LogP contribution in [0.15, 0.2) is 22.0 Å². The van der Waals surface area contributed by atoms with Gasteiger partial charge in [0.15, 0.2) is 0 Å². The summed E-state index contributed by atoms with van der Waals surface area (Å²) < 4.78 is 5.23. The van der Waals surface area contributed by atoms with Crippen molar-refractivity contribution in [2.24, 2.45) is 5.73 Å². The Labute approximate surface area is 140 Å². The molecule has 0 aliphatic carbocycles. The Morgan fingerprint density at radius 3 is 2.83 bits per heavy atom. The van der Waals surface area contributed by atoms with Gasteiger partial charge < -0.3 is 15.6 Å². The molecule has 126 valence electrons. The maximum absolute atomic E-state index is 12.1. The molecule has 0 atom stereocenters. The van der Waals surface area contributed by atoms with Crippen molar-refractivity contribution in [3.8, 4) is 10.7 Å². The van der Waals surface area contributed by atoms with Crippen molar-refractivity contribution in [3.63, 3.8) is 0 Å². The zero-order valence-electron chi connectivity index (χ0n) is 13.7. The number of rotatable bonds is 9. The number of thiophene rings is 1. The molecule has 1 amide bonds. The number of hydrogen-bond donors (Lipinski definition) is 2. The van der Waals surface area contributed by atoms with Crippen LogP contribution in [-0.2, 0) is 11.2 Å². The highest BCUT2D eigenvalue weighted by molar-refractivity contribution is 7.13. The van der Waals surface area contributed by atoms with Crippen LogP contribution in [-0.4, -0.2) is 28.1 Å². The summed E-state index contributed by atoms with van der Waals surface area (Å²) in [5, 5.41) is 9.00. The smallest absolute Gasteiger partial charge is 0.226 e. The van der Waals surface area contributed by atoms with E-state index >= 15 is 0 Å². The topological polar surface area (TPSA) is 94.0 Å². The molecule has 23 heavy (non-hydrogen) atoms. The van der Waals surface area contributed by atoms with E-state index in [4.69, 9.17) is 10.3 Å². The van der Waals surface area contributed by atoms with Crippen LogP contribution in [0.3, 0.4) is 0 Å². The predicted octanol–water partition coefficient (Wildman–Crippen LogP) is 2.75. The number of nitrogens with zero attached hydrogens (tertiary/aromatic N) is 2. The molecule has 2 heterocycles. The van der Waals surface area contributed by atoms with Crippen molar-refractivity contribution in [1.29, 1.82) is 0 Å². The average molecular weight is 336 g/mol. The highest BCUT2D eigenvalue weighted by Gasteiger charge is 2.25. The second kappa shape index (κ2) is 8.21. The van der Waals surface area contributed by atoms with E-state index in [0.717, 1.165) is 17.7 Å². The van der Waals surface area contributed by atoms with E-state index in [1.807, 2.05) is 31.4 Å². The van der Waals surface area contributed by atoms with Gasteiger partial charge in [0.05, 0.1) is 10.4 Å². The van der Waals surface area contributed by atoms with Crippen LogP contribution in [0.5, 0.6) is 0 Å². The first-order valence-electron chi connectivity index (χ1n) is 8.00. The monoisotopic (exact) mass is 336 g/mol. The van der Waals surface area contributed by atoms with Gasteiger partial charge in [-0.3, -0.25) is 4.79 Å². The number of carbonyl (C=O) groups excluding carboxylic acids is 1. The summed E-state index contributed by atoms with van der Waals surface area (Å²) in [5.41, 5.74) is 5.52. The molecule has 0 spiro atoms. The van der Waals surface area contributed by atoms with Gasteiger partial charge in [0.1, 0.15) is 0 Å². The maximum atomic E-state index is 12.1. The van der Waals surface area contributed by atoms with Gasteiger partial charge in [0.25, 0.3) is 0 Å². The Morgan fingerprint density at radius 2 is 2.22 bits per heavy atom. The van der Waals surface area contributed by atoms with Crippen LogP contribution in [0.2, 0.25) is 0 Å². The molecule has 0 aliphatic rings. The molecule has 2 aromatic rings. The lowest BCUT2D eigenvalue weighted by atomic mass is 9.92. The van der Waals surface area contributed by atoms with Gasteiger partial charge in [-0.15, -0.1) is 11.3 Å². The largest absolute Gasteiger partial charge is 0.349 e. The molecule has 3 N–H and O–H groups in total. The van der Waals surface area contributed by atoms with E-state index in [-0.39, 0.29) is 11.4 Å². The van der Waals surface area contributed by atoms with Crippen molar-refractivity contribution in [2.75, 3.05) is 6.54 Å². The Balaban J connectivity index is 1.80. The first-order valence-corrected chi connectivity index (χ1v) is 8.88. The van der Waals surface area contributed by atoms with Crippen LogP contribution in [0.4, 0.5) is 0 Å². The van der Waals surface area contributed by atoms with Crippen LogP contribution < -0.4 is 11.1 Å². The summed E-state index contributed by atoms with van der Waals surface area (Å²) in [7, 11) is 0. The number of aromatic nitrogens is 2. The first kappa shape index (κ1) is 17.6. The molecule has 0 saturated heterocycles. The van der Waals surface area contributed by atoms with Crippen molar-refractivity contribution in [1.82, 2.24) is 15.5 Å². The van der Waals surface area contributed by atoms with Gasteiger partial charge in [-0.25, -0.2) is 0 Å². The van der Waals surface area contributed by atoms with E-state index < -0.39 is 0 Å². The lowest BCUT2D eigenvalue weighted by molar-refractivity contribution is -0.123. The van der Waals surface area contributed by atoms with Gasteiger partial charge in [-0.05, 0) is 30.7 Å². The quantitative estimate of drug-likeness (QED) is 0.734. The fourth-order valence-corrected chi connectivity index (χ4v) is 3.04. The molecular weight excluding hydrogens is 312 g/mol. The van der Waals surface area contributed by atoms with Gasteiger partial charge in [-0.2, -0.15) is 4.98 Å². The average Bonchev–Trinajstić information content (AvgIpc) is 3.24. The SMILES string of the molecule is CCC(CC)(CN)NC(=O)CCCc1nc(-c2cccs2)no1. The first-order chi connectivity index (χ1) is 11.1. The van der Waals surface area contributed by atoms with E-state index in [1.165, 1.54) is 0 Å².